The fourth-order valence-electron chi connectivity index (χ4n) is 2.03. The van der Waals surface area contributed by atoms with Gasteiger partial charge >= 0.3 is 0 Å². The summed E-state index contributed by atoms with van der Waals surface area (Å²) in [5, 5.41) is 3.03. The maximum atomic E-state index is 11.3. The summed E-state index contributed by atoms with van der Waals surface area (Å²) < 4.78 is 0. The van der Waals surface area contributed by atoms with Crippen LogP contribution in [0.5, 0.6) is 0 Å². The summed E-state index contributed by atoms with van der Waals surface area (Å²) in [6.07, 6.45) is 5.01. The summed E-state index contributed by atoms with van der Waals surface area (Å²) in [6.45, 7) is 0.630. The van der Waals surface area contributed by atoms with E-state index >= 15 is 0 Å². The largest absolute Gasteiger partial charge is 0.362 e. The molecule has 1 amide bonds. The highest BCUT2D eigenvalue weighted by molar-refractivity contribution is 8.04. The molecule has 1 fully saturated rings. The zero-order valence-electron chi connectivity index (χ0n) is 10.3. The first-order valence-corrected chi connectivity index (χ1v) is 6.81. The molecule has 1 atom stereocenters. The molecule has 1 saturated heterocycles. The molecule has 5 nitrogen and oxygen atoms in total. The van der Waals surface area contributed by atoms with Crippen molar-refractivity contribution in [1.29, 1.82) is 0 Å². The number of carbonyl (C=O) groups excluding carboxylic acids is 2. The van der Waals surface area contributed by atoms with Crippen molar-refractivity contribution in [2.75, 3.05) is 20.1 Å². The van der Waals surface area contributed by atoms with E-state index in [-0.39, 0.29) is 23.6 Å². The number of likely N-dealkylation sites (N-methyl/N-ethyl adjacent to an activating group) is 1. The molecular weight excluding hydrogens is 250 g/mol. The van der Waals surface area contributed by atoms with Gasteiger partial charge in [-0.25, -0.2) is 0 Å². The summed E-state index contributed by atoms with van der Waals surface area (Å²) in [7, 11) is 2.02. The number of nitrogens with zero attached hydrogens (tertiary/aromatic N) is 1. The lowest BCUT2D eigenvalue weighted by Gasteiger charge is -2.21. The number of thioether (sulfide) groups is 1. The quantitative estimate of drug-likeness (QED) is 0.761. The smallest absolute Gasteiger partial charge is 0.233 e. The molecule has 1 aliphatic carbocycles. The maximum absolute atomic E-state index is 11.3. The Hall–Kier alpha value is -1.27. The minimum absolute atomic E-state index is 0.0262. The van der Waals surface area contributed by atoms with E-state index in [1.165, 1.54) is 0 Å². The van der Waals surface area contributed by atoms with E-state index in [4.69, 9.17) is 5.73 Å². The highest BCUT2D eigenvalue weighted by Crippen LogP contribution is 2.43. The Bertz CT molecular complexity index is 431. The van der Waals surface area contributed by atoms with Crippen LogP contribution in [0.1, 0.15) is 12.8 Å². The number of nitrogens with one attached hydrogen (secondary N) is 1. The third-order valence-electron chi connectivity index (χ3n) is 3.01. The molecule has 6 heteroatoms. The third-order valence-corrected chi connectivity index (χ3v) is 4.42. The summed E-state index contributed by atoms with van der Waals surface area (Å²) in [5.74, 6) is 0.0263. The Morgan fingerprint density at radius 1 is 1.67 bits per heavy atom. The number of amides is 1. The van der Waals surface area contributed by atoms with E-state index in [1.54, 1.807) is 17.8 Å². The number of rotatable bonds is 4. The molecule has 0 bridgehead atoms. The highest BCUT2D eigenvalue weighted by atomic mass is 32.2. The van der Waals surface area contributed by atoms with Crippen molar-refractivity contribution >= 4 is 23.5 Å². The predicted molar refractivity (Wildman–Crippen MR) is 71.6 cm³/mol. The van der Waals surface area contributed by atoms with Crippen molar-refractivity contribution in [2.45, 2.75) is 18.2 Å². The van der Waals surface area contributed by atoms with Crippen LogP contribution in [0.25, 0.3) is 0 Å². The van der Waals surface area contributed by atoms with Crippen molar-refractivity contribution in [2.24, 2.45) is 5.73 Å². The van der Waals surface area contributed by atoms with Gasteiger partial charge in [-0.05, 0) is 12.5 Å². The monoisotopic (exact) mass is 267 g/mol. The Kier molecular flexibility index (Phi) is 4.08. The van der Waals surface area contributed by atoms with Crippen molar-refractivity contribution in [3.63, 3.8) is 0 Å². The standard InChI is InChI=1S/C12H17N3O2S/c1-15-9-3-2-8(16)6-10(9)18-12(15)4-5-14-11(17)7-13/h3,6,12H,2,4-5,7,13H2,1H3,(H,14,17). The van der Waals surface area contributed by atoms with E-state index in [9.17, 15) is 9.59 Å². The average Bonchev–Trinajstić information content (AvgIpc) is 2.65. The van der Waals surface area contributed by atoms with E-state index in [2.05, 4.69) is 10.2 Å². The summed E-state index contributed by atoms with van der Waals surface area (Å²) in [6, 6.07) is 0. The first-order chi connectivity index (χ1) is 8.61. The lowest BCUT2D eigenvalue weighted by molar-refractivity contribution is -0.119. The minimum Gasteiger partial charge on any atom is -0.362 e. The van der Waals surface area contributed by atoms with E-state index in [0.29, 0.717) is 13.0 Å². The molecule has 0 spiro atoms. The van der Waals surface area contributed by atoms with Gasteiger partial charge in [0.2, 0.25) is 5.91 Å². The third kappa shape index (κ3) is 2.76. The van der Waals surface area contributed by atoms with Crippen LogP contribution >= 0.6 is 11.8 Å². The van der Waals surface area contributed by atoms with Crippen molar-refractivity contribution in [3.8, 4) is 0 Å². The molecular formula is C12H17N3O2S. The molecule has 3 N–H and O–H groups in total. The molecule has 1 aliphatic heterocycles. The normalized spacial score (nSPS) is 22.4. The van der Waals surface area contributed by atoms with Crippen LogP contribution in [-0.4, -0.2) is 42.1 Å². The molecule has 1 heterocycles. The number of allylic oxidation sites excluding steroid dienone is 2. The van der Waals surface area contributed by atoms with E-state index < -0.39 is 0 Å². The number of hydrogen-bond acceptors (Lipinski definition) is 5. The van der Waals surface area contributed by atoms with Gasteiger partial charge in [0.25, 0.3) is 0 Å². The molecule has 0 aromatic heterocycles. The Labute approximate surface area is 110 Å². The number of fused-ring (bicyclic) bond motifs is 1. The topological polar surface area (TPSA) is 75.4 Å². The fourth-order valence-corrected chi connectivity index (χ4v) is 3.38. The van der Waals surface area contributed by atoms with Crippen LogP contribution in [0, 0.1) is 0 Å². The number of carbonyl (C=O) groups is 2. The maximum Gasteiger partial charge on any atom is 0.233 e. The molecule has 0 radical (unpaired) electrons. The van der Waals surface area contributed by atoms with Crippen LogP contribution in [0.2, 0.25) is 0 Å². The summed E-state index contributed by atoms with van der Waals surface area (Å²) in [5.41, 5.74) is 6.35. The molecule has 2 rings (SSSR count). The zero-order valence-corrected chi connectivity index (χ0v) is 11.1. The van der Waals surface area contributed by atoms with Crippen molar-refractivity contribution in [1.82, 2.24) is 10.2 Å². The summed E-state index contributed by atoms with van der Waals surface area (Å²) in [4.78, 5) is 25.6. The van der Waals surface area contributed by atoms with Gasteiger partial charge in [0.05, 0.1) is 11.9 Å². The van der Waals surface area contributed by atoms with Gasteiger partial charge < -0.3 is 16.0 Å². The average molecular weight is 267 g/mol. The van der Waals surface area contributed by atoms with Gasteiger partial charge in [-0.15, -0.1) is 0 Å². The number of ketones is 1. The second-order valence-electron chi connectivity index (χ2n) is 4.29. The molecule has 1 unspecified atom stereocenters. The Morgan fingerprint density at radius 2 is 2.44 bits per heavy atom. The van der Waals surface area contributed by atoms with Crippen LogP contribution in [0.4, 0.5) is 0 Å². The molecule has 18 heavy (non-hydrogen) atoms. The Morgan fingerprint density at radius 3 is 3.17 bits per heavy atom. The Balaban J connectivity index is 1.90. The van der Waals surface area contributed by atoms with E-state index in [0.717, 1.165) is 17.0 Å². The van der Waals surface area contributed by atoms with Crippen LogP contribution in [0.3, 0.4) is 0 Å². The molecule has 2 aliphatic rings. The van der Waals surface area contributed by atoms with Crippen LogP contribution in [-0.2, 0) is 9.59 Å². The number of hydrogen-bond donors (Lipinski definition) is 2. The zero-order chi connectivity index (χ0) is 13.1. The first kappa shape index (κ1) is 13.2. The van der Waals surface area contributed by atoms with Gasteiger partial charge in [0, 0.05) is 30.6 Å². The first-order valence-electron chi connectivity index (χ1n) is 5.93. The second kappa shape index (κ2) is 5.58. The van der Waals surface area contributed by atoms with Crippen molar-refractivity contribution in [3.05, 3.63) is 22.8 Å². The van der Waals surface area contributed by atoms with Crippen LogP contribution in [0.15, 0.2) is 22.8 Å². The highest BCUT2D eigenvalue weighted by Gasteiger charge is 2.31. The van der Waals surface area contributed by atoms with Gasteiger partial charge in [-0.3, -0.25) is 9.59 Å². The van der Waals surface area contributed by atoms with Crippen molar-refractivity contribution < 1.29 is 9.59 Å². The summed E-state index contributed by atoms with van der Waals surface area (Å²) >= 11 is 1.68. The number of nitrogens with two attached hydrogens (primary N) is 1. The molecule has 0 aromatic carbocycles. The molecule has 0 saturated carbocycles. The van der Waals surface area contributed by atoms with E-state index in [1.807, 2.05) is 13.1 Å². The predicted octanol–water partition coefficient (Wildman–Crippen LogP) is 0.197. The molecule has 98 valence electrons. The van der Waals surface area contributed by atoms with Gasteiger partial charge in [0.1, 0.15) is 0 Å². The van der Waals surface area contributed by atoms with Gasteiger partial charge in [0.15, 0.2) is 5.78 Å². The molecule has 0 aromatic rings. The van der Waals surface area contributed by atoms with Gasteiger partial charge in [-0.2, -0.15) is 0 Å². The van der Waals surface area contributed by atoms with Crippen LogP contribution < -0.4 is 11.1 Å². The lowest BCUT2D eigenvalue weighted by Crippen LogP contribution is -2.34. The minimum atomic E-state index is -0.133. The van der Waals surface area contributed by atoms with Gasteiger partial charge in [-0.1, -0.05) is 17.8 Å². The second-order valence-corrected chi connectivity index (χ2v) is 5.51. The fraction of sp³-hybridized carbons (Fsp3) is 0.500. The lowest BCUT2D eigenvalue weighted by atomic mass is 10.1. The SMILES string of the molecule is CN1C2=CCC(=O)C=C2SC1CCNC(=O)CN.